The Morgan fingerprint density at radius 2 is 1.93 bits per heavy atom. The van der Waals surface area contributed by atoms with Crippen LogP contribution in [0.3, 0.4) is 0 Å². The van der Waals surface area contributed by atoms with Crippen molar-refractivity contribution in [3.05, 3.63) is 65.2 Å². The molecule has 2 aromatic carbocycles. The van der Waals surface area contributed by atoms with Gasteiger partial charge in [-0.3, -0.25) is 9.59 Å². The molecule has 1 aliphatic heterocycles. The van der Waals surface area contributed by atoms with E-state index in [4.69, 9.17) is 4.98 Å². The van der Waals surface area contributed by atoms with Crippen molar-refractivity contribution in [3.8, 4) is 0 Å². The van der Waals surface area contributed by atoms with E-state index < -0.39 is 0 Å². The number of likely N-dealkylation sites (tertiary alicyclic amines) is 1. The van der Waals surface area contributed by atoms with Gasteiger partial charge < -0.3 is 10.2 Å². The van der Waals surface area contributed by atoms with Crippen molar-refractivity contribution in [2.45, 2.75) is 38.3 Å². The zero-order valence-electron chi connectivity index (χ0n) is 15.8. The highest BCUT2D eigenvalue weighted by atomic mass is 32.1. The van der Waals surface area contributed by atoms with Crippen LogP contribution in [-0.4, -0.2) is 28.2 Å². The Morgan fingerprint density at radius 3 is 2.68 bits per heavy atom. The molecule has 2 heterocycles. The highest BCUT2D eigenvalue weighted by Gasteiger charge is 2.33. The maximum Gasteiger partial charge on any atom is 0.225 e. The first-order chi connectivity index (χ1) is 13.6. The number of rotatable bonds is 5. The summed E-state index contributed by atoms with van der Waals surface area (Å²) in [6.45, 7) is 2.22. The Labute approximate surface area is 168 Å². The Kier molecular flexibility index (Phi) is 5.39. The molecule has 1 saturated heterocycles. The number of hydrogen-bond acceptors (Lipinski definition) is 4. The third-order valence-electron chi connectivity index (χ3n) is 5.13. The number of benzene rings is 2. The van der Waals surface area contributed by atoms with Crippen LogP contribution in [0.5, 0.6) is 0 Å². The highest BCUT2D eigenvalue weighted by Crippen LogP contribution is 2.37. The molecule has 2 amide bonds. The molecule has 144 valence electrons. The number of para-hydroxylation sites is 1. The molecule has 2 atom stereocenters. The van der Waals surface area contributed by atoms with Crippen LogP contribution in [0, 0.1) is 0 Å². The van der Waals surface area contributed by atoms with Crippen LogP contribution in [0.4, 0.5) is 0 Å². The number of aromatic nitrogens is 1. The minimum absolute atomic E-state index is 0.0265. The molecule has 1 aliphatic rings. The van der Waals surface area contributed by atoms with Gasteiger partial charge >= 0.3 is 0 Å². The van der Waals surface area contributed by atoms with Crippen molar-refractivity contribution >= 4 is 33.4 Å². The Hall–Kier alpha value is -2.73. The molecule has 3 aromatic rings. The fourth-order valence-corrected chi connectivity index (χ4v) is 4.94. The van der Waals surface area contributed by atoms with E-state index in [1.165, 1.54) is 6.92 Å². The first-order valence-electron chi connectivity index (χ1n) is 9.59. The van der Waals surface area contributed by atoms with Crippen LogP contribution in [0.1, 0.15) is 48.8 Å². The fourth-order valence-electron chi connectivity index (χ4n) is 3.83. The first-order valence-corrected chi connectivity index (χ1v) is 10.4. The summed E-state index contributed by atoms with van der Waals surface area (Å²) in [4.78, 5) is 31.5. The molecule has 1 fully saturated rings. The normalized spacial score (nSPS) is 17.6. The summed E-state index contributed by atoms with van der Waals surface area (Å²) in [7, 11) is 0. The summed E-state index contributed by atoms with van der Waals surface area (Å²) in [6, 6.07) is 17.5. The predicted octanol–water partition coefficient (Wildman–Crippen LogP) is 4.23. The lowest BCUT2D eigenvalue weighted by atomic mass is 10.0. The minimum Gasteiger partial charge on any atom is -0.349 e. The van der Waals surface area contributed by atoms with Crippen LogP contribution < -0.4 is 5.32 Å². The smallest absolute Gasteiger partial charge is 0.225 e. The van der Waals surface area contributed by atoms with Gasteiger partial charge in [0.05, 0.1) is 28.7 Å². The number of thiazole rings is 1. The second kappa shape index (κ2) is 8.10. The number of carbonyl (C=O) groups is 2. The van der Waals surface area contributed by atoms with Crippen molar-refractivity contribution in [2.24, 2.45) is 0 Å². The molecular formula is C22H23N3O2S. The van der Waals surface area contributed by atoms with Crippen molar-refractivity contribution < 1.29 is 9.59 Å². The average molecular weight is 394 g/mol. The molecule has 1 aromatic heterocycles. The van der Waals surface area contributed by atoms with Crippen LogP contribution in [-0.2, 0) is 9.59 Å². The van der Waals surface area contributed by atoms with E-state index in [1.54, 1.807) is 11.3 Å². The Balaban J connectivity index is 1.54. The zero-order valence-corrected chi connectivity index (χ0v) is 16.6. The van der Waals surface area contributed by atoms with Crippen molar-refractivity contribution in [1.29, 1.82) is 0 Å². The second-order valence-corrected chi connectivity index (χ2v) is 8.20. The summed E-state index contributed by atoms with van der Waals surface area (Å²) in [6.07, 6.45) is 2.16. The third-order valence-corrected chi connectivity index (χ3v) is 6.26. The van der Waals surface area contributed by atoms with Gasteiger partial charge in [0, 0.05) is 13.5 Å². The van der Waals surface area contributed by atoms with Crippen molar-refractivity contribution in [3.63, 3.8) is 0 Å². The quantitative estimate of drug-likeness (QED) is 0.706. The van der Waals surface area contributed by atoms with E-state index in [-0.39, 0.29) is 30.3 Å². The third kappa shape index (κ3) is 3.92. The molecule has 5 nitrogen and oxygen atoms in total. The average Bonchev–Trinajstić information content (AvgIpc) is 3.34. The van der Waals surface area contributed by atoms with E-state index in [0.717, 1.165) is 40.2 Å². The summed E-state index contributed by atoms with van der Waals surface area (Å²) in [5, 5.41) is 3.93. The topological polar surface area (TPSA) is 62.3 Å². The molecule has 0 saturated carbocycles. The zero-order chi connectivity index (χ0) is 19.5. The van der Waals surface area contributed by atoms with Crippen LogP contribution in [0.15, 0.2) is 54.6 Å². The number of nitrogens with zero attached hydrogens (tertiary/aromatic N) is 2. The number of carbonyl (C=O) groups excluding carboxylic acids is 2. The van der Waals surface area contributed by atoms with E-state index in [9.17, 15) is 9.59 Å². The minimum atomic E-state index is -0.317. The van der Waals surface area contributed by atoms with Gasteiger partial charge in [0.2, 0.25) is 11.8 Å². The molecule has 0 bridgehead atoms. The maximum atomic E-state index is 13.2. The molecule has 0 unspecified atom stereocenters. The lowest BCUT2D eigenvalue weighted by Crippen LogP contribution is -2.35. The first kappa shape index (κ1) is 18.6. The number of amides is 2. The summed E-state index contributed by atoms with van der Waals surface area (Å²) in [5.41, 5.74) is 1.93. The maximum absolute atomic E-state index is 13.2. The van der Waals surface area contributed by atoms with Gasteiger partial charge in [-0.05, 0) is 30.5 Å². The van der Waals surface area contributed by atoms with Crippen LogP contribution in [0.2, 0.25) is 0 Å². The van der Waals surface area contributed by atoms with Gasteiger partial charge in [0.15, 0.2) is 0 Å². The molecule has 4 rings (SSSR count). The largest absolute Gasteiger partial charge is 0.349 e. The number of hydrogen-bond donors (Lipinski definition) is 1. The molecule has 28 heavy (non-hydrogen) atoms. The molecule has 0 radical (unpaired) electrons. The molecule has 6 heteroatoms. The van der Waals surface area contributed by atoms with Gasteiger partial charge in [-0.1, -0.05) is 42.5 Å². The standard InChI is InChI=1S/C22H23N3O2S/c1-15(26)23-18(16-8-3-2-4-9-16)14-21(27)25-13-7-11-19(25)22-24-17-10-5-6-12-20(17)28-22/h2-6,8-10,12,18-19H,7,11,13-14H2,1H3,(H,23,26)/t18-,19+/m1/s1. The molecular weight excluding hydrogens is 370 g/mol. The van der Waals surface area contributed by atoms with Crippen LogP contribution in [0.25, 0.3) is 10.2 Å². The predicted molar refractivity (Wildman–Crippen MR) is 111 cm³/mol. The fraction of sp³-hybridized carbons (Fsp3) is 0.318. The van der Waals surface area contributed by atoms with Crippen molar-refractivity contribution in [2.75, 3.05) is 6.54 Å². The highest BCUT2D eigenvalue weighted by molar-refractivity contribution is 7.18. The Morgan fingerprint density at radius 1 is 1.18 bits per heavy atom. The molecule has 0 aliphatic carbocycles. The summed E-state index contributed by atoms with van der Waals surface area (Å²) < 4.78 is 1.15. The van der Waals surface area contributed by atoms with E-state index in [1.807, 2.05) is 53.4 Å². The monoisotopic (exact) mass is 393 g/mol. The van der Waals surface area contributed by atoms with Gasteiger partial charge in [0.1, 0.15) is 5.01 Å². The van der Waals surface area contributed by atoms with Gasteiger partial charge in [-0.25, -0.2) is 4.98 Å². The summed E-state index contributed by atoms with van der Waals surface area (Å²) in [5.74, 6) is -0.0739. The Bertz CT molecular complexity index is 953. The SMILES string of the molecule is CC(=O)N[C@H](CC(=O)N1CCC[C@H]1c1nc2ccccc2s1)c1ccccc1. The number of fused-ring (bicyclic) bond motifs is 1. The second-order valence-electron chi connectivity index (χ2n) is 7.13. The van der Waals surface area contributed by atoms with E-state index >= 15 is 0 Å². The van der Waals surface area contributed by atoms with Gasteiger partial charge in [-0.15, -0.1) is 11.3 Å². The summed E-state index contributed by atoms with van der Waals surface area (Å²) >= 11 is 1.67. The van der Waals surface area contributed by atoms with Crippen LogP contribution >= 0.6 is 11.3 Å². The molecule has 0 spiro atoms. The van der Waals surface area contributed by atoms with Gasteiger partial charge in [0.25, 0.3) is 0 Å². The lowest BCUT2D eigenvalue weighted by molar-refractivity contribution is -0.133. The van der Waals surface area contributed by atoms with Crippen molar-refractivity contribution in [1.82, 2.24) is 15.2 Å². The molecule has 1 N–H and O–H groups in total. The van der Waals surface area contributed by atoms with E-state index in [2.05, 4.69) is 11.4 Å². The van der Waals surface area contributed by atoms with Gasteiger partial charge in [-0.2, -0.15) is 0 Å². The lowest BCUT2D eigenvalue weighted by Gasteiger charge is -2.26. The number of nitrogens with one attached hydrogen (secondary N) is 1. The van der Waals surface area contributed by atoms with E-state index in [0.29, 0.717) is 0 Å².